The van der Waals surface area contributed by atoms with Gasteiger partial charge >= 0.3 is 5.97 Å². The predicted octanol–water partition coefficient (Wildman–Crippen LogP) is 1.01. The van der Waals surface area contributed by atoms with E-state index in [9.17, 15) is 19.8 Å². The van der Waals surface area contributed by atoms with E-state index >= 15 is 0 Å². The lowest BCUT2D eigenvalue weighted by Gasteiger charge is -2.47. The third kappa shape index (κ3) is 2.26. The van der Waals surface area contributed by atoms with Gasteiger partial charge in [0.1, 0.15) is 0 Å². The molecule has 1 aliphatic heterocycles. The van der Waals surface area contributed by atoms with Crippen LogP contribution in [0.4, 0.5) is 4.79 Å². The summed E-state index contributed by atoms with van der Waals surface area (Å²) in [6.07, 6.45) is -0.0672. The molecule has 17 heavy (non-hydrogen) atoms. The molecule has 1 rings (SSSR count). The average Bonchev–Trinajstić information content (AvgIpc) is 2.28. The molecule has 1 saturated heterocycles. The summed E-state index contributed by atoms with van der Waals surface area (Å²) in [5.74, 6) is -0.849. The van der Waals surface area contributed by atoms with Crippen molar-refractivity contribution in [3.63, 3.8) is 0 Å². The Labute approximate surface area is 106 Å². The fourth-order valence-corrected chi connectivity index (χ4v) is 2.74. The molecule has 1 fully saturated rings. The Kier molecular flexibility index (Phi) is 4.04. The molecule has 0 spiro atoms. The van der Waals surface area contributed by atoms with Crippen molar-refractivity contribution in [2.24, 2.45) is 5.41 Å². The first-order chi connectivity index (χ1) is 7.81. The topological polar surface area (TPSA) is 77.4 Å². The van der Waals surface area contributed by atoms with Crippen LogP contribution in [-0.4, -0.2) is 40.2 Å². The first-order valence-corrected chi connectivity index (χ1v) is 6.20. The highest BCUT2D eigenvalue weighted by atomic mass is 35.5. The molecule has 1 N–H and O–H groups in total. The number of aliphatic carboxylic acids is 1. The fourth-order valence-electron chi connectivity index (χ4n) is 2.47. The summed E-state index contributed by atoms with van der Waals surface area (Å²) in [5, 5.41) is 20.4. The smallest absolute Gasteiger partial charge is 0.310 e. The minimum Gasteiger partial charge on any atom is -0.498 e. The Morgan fingerprint density at radius 2 is 1.94 bits per heavy atom. The number of halogens is 1. The van der Waals surface area contributed by atoms with E-state index in [0.29, 0.717) is 19.3 Å². The Morgan fingerprint density at radius 1 is 1.47 bits per heavy atom. The van der Waals surface area contributed by atoms with Gasteiger partial charge in [-0.25, -0.2) is 0 Å². The number of hydrogen-bond donors (Lipinski definition) is 1. The Hall–Kier alpha value is -0.810. The van der Waals surface area contributed by atoms with E-state index < -0.39 is 23.0 Å². The normalized spacial score (nSPS) is 35.2. The standard InChI is InChI=1S/C11H18ClNO4/c1-3-11(9(14)15)4-6-13(7-5-11,8(2)12)10(16)17/h8H,3-7H2,1-2H3,(H-,14,15,16,17). The van der Waals surface area contributed by atoms with Crippen LogP contribution in [0.2, 0.25) is 0 Å². The van der Waals surface area contributed by atoms with Gasteiger partial charge in [-0.1, -0.05) is 18.5 Å². The molecule has 1 heterocycles. The van der Waals surface area contributed by atoms with Crippen molar-refractivity contribution in [1.82, 2.24) is 0 Å². The quantitative estimate of drug-likeness (QED) is 0.468. The number of carboxylic acid groups (broad SMARTS) is 2. The van der Waals surface area contributed by atoms with E-state index in [2.05, 4.69) is 0 Å². The van der Waals surface area contributed by atoms with Crippen LogP contribution in [0.3, 0.4) is 0 Å². The molecule has 0 radical (unpaired) electrons. The molecule has 98 valence electrons. The molecule has 1 aliphatic rings. The number of piperidine rings is 1. The van der Waals surface area contributed by atoms with E-state index in [0.717, 1.165) is 0 Å². The molecule has 6 heteroatoms. The molecular weight excluding hydrogens is 246 g/mol. The number of carbonyl (C=O) groups is 2. The number of carbonyl (C=O) groups excluding carboxylic acids is 1. The van der Waals surface area contributed by atoms with Gasteiger partial charge in [-0.3, -0.25) is 9.28 Å². The van der Waals surface area contributed by atoms with Crippen LogP contribution in [-0.2, 0) is 4.79 Å². The summed E-state index contributed by atoms with van der Waals surface area (Å²) in [5.41, 5.74) is -1.41. The van der Waals surface area contributed by atoms with Gasteiger partial charge in [0.15, 0.2) is 5.50 Å². The molecule has 5 nitrogen and oxygen atoms in total. The van der Waals surface area contributed by atoms with Gasteiger partial charge in [0, 0.05) is 19.8 Å². The van der Waals surface area contributed by atoms with Crippen molar-refractivity contribution >= 4 is 23.7 Å². The molecule has 0 saturated carbocycles. The first-order valence-electron chi connectivity index (χ1n) is 5.76. The van der Waals surface area contributed by atoms with Gasteiger partial charge < -0.3 is 15.0 Å². The minimum absolute atomic E-state index is 0.215. The van der Waals surface area contributed by atoms with E-state index in [1.165, 1.54) is 0 Å². The maximum atomic E-state index is 11.3. The lowest BCUT2D eigenvalue weighted by molar-refractivity contribution is -0.892. The van der Waals surface area contributed by atoms with Crippen LogP contribution in [0.5, 0.6) is 0 Å². The molecule has 1 unspecified atom stereocenters. The largest absolute Gasteiger partial charge is 0.498 e. The van der Waals surface area contributed by atoms with E-state index in [4.69, 9.17) is 11.6 Å². The van der Waals surface area contributed by atoms with Crippen LogP contribution in [0.25, 0.3) is 0 Å². The maximum Gasteiger partial charge on any atom is 0.310 e. The van der Waals surface area contributed by atoms with Crippen LogP contribution in [0.1, 0.15) is 33.1 Å². The van der Waals surface area contributed by atoms with Crippen LogP contribution in [0, 0.1) is 5.41 Å². The van der Waals surface area contributed by atoms with Crippen molar-refractivity contribution in [3.8, 4) is 0 Å². The van der Waals surface area contributed by atoms with Gasteiger partial charge in [-0.2, -0.15) is 0 Å². The molecule has 0 aromatic rings. The van der Waals surface area contributed by atoms with Gasteiger partial charge in [0.25, 0.3) is 6.09 Å². The zero-order valence-corrected chi connectivity index (χ0v) is 10.9. The highest BCUT2D eigenvalue weighted by molar-refractivity contribution is 6.19. The highest BCUT2D eigenvalue weighted by Crippen LogP contribution is 2.39. The lowest BCUT2D eigenvalue weighted by Crippen LogP contribution is -2.66. The maximum absolute atomic E-state index is 11.3. The number of nitrogens with zero attached hydrogens (tertiary/aromatic N) is 1. The average molecular weight is 264 g/mol. The van der Waals surface area contributed by atoms with Gasteiger partial charge in [0.2, 0.25) is 0 Å². The third-order valence-electron chi connectivity index (χ3n) is 4.15. The second kappa shape index (κ2) is 4.82. The molecule has 0 aliphatic carbocycles. The highest BCUT2D eigenvalue weighted by Gasteiger charge is 2.49. The molecular formula is C11H18ClNO4. The SMILES string of the molecule is CCC1(C(=O)O)CC[N+](C(=O)[O-])(C(C)Cl)CC1. The number of carboxylic acids is 1. The monoisotopic (exact) mass is 263 g/mol. The molecule has 0 aromatic heterocycles. The number of amides is 1. The number of alkyl halides is 1. The Morgan fingerprint density at radius 3 is 2.18 bits per heavy atom. The van der Waals surface area contributed by atoms with Gasteiger partial charge in [-0.05, 0) is 6.42 Å². The van der Waals surface area contributed by atoms with Crippen molar-refractivity contribution in [3.05, 3.63) is 0 Å². The zero-order valence-electron chi connectivity index (χ0n) is 10.1. The summed E-state index contributed by atoms with van der Waals surface area (Å²) in [6.45, 7) is 3.86. The Bertz CT molecular complexity index is 321. The number of rotatable bonds is 3. The van der Waals surface area contributed by atoms with Crippen LogP contribution < -0.4 is 5.11 Å². The molecule has 0 aromatic carbocycles. The van der Waals surface area contributed by atoms with Gasteiger partial charge in [0.05, 0.1) is 18.5 Å². The third-order valence-corrected chi connectivity index (χ3v) is 4.53. The van der Waals surface area contributed by atoms with Crippen molar-refractivity contribution in [2.45, 2.75) is 38.6 Å². The summed E-state index contributed by atoms with van der Waals surface area (Å²) in [6, 6.07) is 0. The first kappa shape index (κ1) is 14.3. The lowest BCUT2D eigenvalue weighted by atomic mass is 9.75. The second-order valence-electron chi connectivity index (χ2n) is 4.76. The van der Waals surface area contributed by atoms with E-state index in [1.54, 1.807) is 6.92 Å². The molecule has 1 amide bonds. The number of likely N-dealkylation sites (tertiary alicyclic amines) is 1. The Balaban J connectivity index is 2.91. The molecule has 1 atom stereocenters. The summed E-state index contributed by atoms with van der Waals surface area (Å²) < 4.78 is -0.351. The summed E-state index contributed by atoms with van der Waals surface area (Å²) >= 11 is 5.93. The zero-order chi connectivity index (χ0) is 13.3. The minimum atomic E-state index is -1.22. The van der Waals surface area contributed by atoms with E-state index in [1.807, 2.05) is 6.92 Å². The van der Waals surface area contributed by atoms with E-state index in [-0.39, 0.29) is 17.6 Å². The number of hydrogen-bond acceptors (Lipinski definition) is 3. The summed E-state index contributed by atoms with van der Waals surface area (Å²) in [4.78, 5) is 22.5. The van der Waals surface area contributed by atoms with Gasteiger partial charge in [-0.15, -0.1) is 0 Å². The van der Waals surface area contributed by atoms with Crippen LogP contribution >= 0.6 is 11.6 Å². The number of quaternary nitrogens is 1. The summed E-state index contributed by atoms with van der Waals surface area (Å²) in [7, 11) is 0. The second-order valence-corrected chi connectivity index (χ2v) is 5.39. The predicted molar refractivity (Wildman–Crippen MR) is 60.3 cm³/mol. The van der Waals surface area contributed by atoms with Crippen molar-refractivity contribution < 1.29 is 24.3 Å². The van der Waals surface area contributed by atoms with Crippen LogP contribution in [0.15, 0.2) is 0 Å². The van der Waals surface area contributed by atoms with Crippen molar-refractivity contribution in [1.29, 1.82) is 0 Å². The fraction of sp³-hybridized carbons (Fsp3) is 0.818. The van der Waals surface area contributed by atoms with Crippen molar-refractivity contribution in [2.75, 3.05) is 13.1 Å². The molecule has 0 bridgehead atoms.